The number of benzene rings is 1. The van der Waals surface area contributed by atoms with Crippen LogP contribution in [0.5, 0.6) is 0 Å². The van der Waals surface area contributed by atoms with Crippen molar-refractivity contribution in [3.05, 3.63) is 39.0 Å². The second kappa shape index (κ2) is 6.18. The number of hydrogen-bond acceptors (Lipinski definition) is 4. The van der Waals surface area contributed by atoms with Crippen molar-refractivity contribution >= 4 is 43.6 Å². The molecule has 1 atom stereocenters. The molecule has 0 fully saturated rings. The van der Waals surface area contributed by atoms with Gasteiger partial charge in [0, 0.05) is 22.2 Å². The van der Waals surface area contributed by atoms with E-state index in [0.29, 0.717) is 16.0 Å². The first-order valence-electron chi connectivity index (χ1n) is 5.20. The van der Waals surface area contributed by atoms with Crippen LogP contribution in [0.25, 0.3) is 0 Å². The third kappa shape index (κ3) is 3.14. The minimum atomic E-state index is -0.614. The first-order valence-corrected chi connectivity index (χ1v) is 7.77. The van der Waals surface area contributed by atoms with E-state index in [1.54, 1.807) is 23.5 Å². The van der Waals surface area contributed by atoms with Crippen molar-refractivity contribution in [3.8, 4) is 0 Å². The lowest BCUT2D eigenvalue weighted by molar-refractivity contribution is 0.193. The zero-order chi connectivity index (χ0) is 13.1. The highest BCUT2D eigenvalue weighted by molar-refractivity contribution is 9.10. The summed E-state index contributed by atoms with van der Waals surface area (Å²) in [4.78, 5) is 1.10. The number of hydrogen-bond donors (Lipinski definition) is 1. The van der Waals surface area contributed by atoms with E-state index >= 15 is 0 Å². The maximum absolute atomic E-state index is 10.2. The fourth-order valence-corrected chi connectivity index (χ4v) is 3.60. The summed E-state index contributed by atoms with van der Waals surface area (Å²) in [6, 6.07) is 7.93. The molecule has 0 bridgehead atoms. The molecule has 0 aliphatic carbocycles. The molecule has 96 valence electrons. The largest absolute Gasteiger partial charge is 0.386 e. The van der Waals surface area contributed by atoms with E-state index in [-0.39, 0.29) is 0 Å². The van der Waals surface area contributed by atoms with Gasteiger partial charge in [0.05, 0.1) is 0 Å². The van der Waals surface area contributed by atoms with Gasteiger partial charge in [-0.15, -0.1) is 16.9 Å². The van der Waals surface area contributed by atoms with E-state index in [2.05, 4.69) is 42.2 Å². The lowest BCUT2D eigenvalue weighted by atomic mass is 10.3. The van der Waals surface area contributed by atoms with Crippen molar-refractivity contribution in [1.29, 1.82) is 0 Å². The van der Waals surface area contributed by atoms with Gasteiger partial charge < -0.3 is 5.11 Å². The molecule has 0 aliphatic heterocycles. The highest BCUT2D eigenvalue weighted by Crippen LogP contribution is 2.31. The Morgan fingerprint density at radius 3 is 2.72 bits per heavy atom. The zero-order valence-electron chi connectivity index (χ0n) is 9.55. The summed E-state index contributed by atoms with van der Waals surface area (Å²) in [5.74, 6) is 0.544. The van der Waals surface area contributed by atoms with Gasteiger partial charge in [0.2, 0.25) is 0 Å². The first kappa shape index (κ1) is 14.0. The third-order valence-electron chi connectivity index (χ3n) is 2.38. The minimum Gasteiger partial charge on any atom is -0.386 e. The molecule has 0 aliphatic rings. The number of aryl methyl sites for hydroxylation is 1. The monoisotopic (exact) mass is 391 g/mol. The second-order valence-electron chi connectivity index (χ2n) is 3.65. The maximum atomic E-state index is 10.2. The molecule has 1 unspecified atom stereocenters. The van der Waals surface area contributed by atoms with Gasteiger partial charge in [0.1, 0.15) is 11.8 Å². The van der Waals surface area contributed by atoms with Crippen LogP contribution < -0.4 is 0 Å². The average molecular weight is 393 g/mol. The molecule has 0 spiro atoms. The van der Waals surface area contributed by atoms with Crippen molar-refractivity contribution in [3.63, 3.8) is 0 Å². The topological polar surface area (TPSA) is 50.9 Å². The van der Waals surface area contributed by atoms with Gasteiger partial charge in [-0.2, -0.15) is 0 Å². The predicted molar refractivity (Wildman–Crippen MR) is 78.5 cm³/mol. The first-order chi connectivity index (χ1) is 8.59. The summed E-state index contributed by atoms with van der Waals surface area (Å²) < 4.78 is 3.20. The Balaban J connectivity index is 2.05. The summed E-state index contributed by atoms with van der Waals surface area (Å²) in [6.07, 6.45) is -0.614. The Kier molecular flexibility index (Phi) is 4.83. The van der Waals surface area contributed by atoms with Crippen LogP contribution in [0.4, 0.5) is 0 Å². The van der Waals surface area contributed by atoms with Crippen molar-refractivity contribution in [2.75, 3.05) is 5.75 Å². The lowest BCUT2D eigenvalue weighted by Crippen LogP contribution is -2.08. The number of aliphatic hydroxyl groups is 1. The average Bonchev–Trinajstić information content (AvgIpc) is 2.68. The summed E-state index contributed by atoms with van der Waals surface area (Å²) in [5, 5.41) is 17.9. The van der Waals surface area contributed by atoms with E-state index in [1.165, 1.54) is 0 Å². The van der Waals surface area contributed by atoms with Gasteiger partial charge in [-0.05, 0) is 44.0 Å². The summed E-state index contributed by atoms with van der Waals surface area (Å²) in [7, 11) is 1.76. The van der Waals surface area contributed by atoms with Crippen LogP contribution in [0.15, 0.2) is 38.2 Å². The zero-order valence-corrected chi connectivity index (χ0v) is 13.5. The van der Waals surface area contributed by atoms with Crippen LogP contribution >= 0.6 is 43.6 Å². The summed E-state index contributed by atoms with van der Waals surface area (Å²) in [6.45, 7) is 0. The number of halogens is 2. The normalized spacial score (nSPS) is 12.7. The second-order valence-corrected chi connectivity index (χ2v) is 6.31. The van der Waals surface area contributed by atoms with Crippen molar-refractivity contribution in [2.45, 2.75) is 11.0 Å². The fraction of sp³-hybridized carbons (Fsp3) is 0.273. The molecule has 2 rings (SSSR count). The van der Waals surface area contributed by atoms with Gasteiger partial charge in [0.15, 0.2) is 4.60 Å². The highest BCUT2D eigenvalue weighted by atomic mass is 79.9. The number of aromatic nitrogens is 3. The van der Waals surface area contributed by atoms with Gasteiger partial charge in [-0.1, -0.05) is 17.3 Å². The molecule has 1 heterocycles. The Hall–Kier alpha value is -0.370. The highest BCUT2D eigenvalue weighted by Gasteiger charge is 2.18. The number of aliphatic hydroxyl groups excluding tert-OH is 1. The summed E-state index contributed by atoms with van der Waals surface area (Å²) >= 11 is 8.35. The van der Waals surface area contributed by atoms with Crippen LogP contribution in [0.1, 0.15) is 11.8 Å². The predicted octanol–water partition coefficient (Wildman–Crippen LogP) is 3.17. The standard InChI is InChI=1S/C11H11Br2N3OS/c1-16-10(11(13)14-15-16)8(17)6-18-9-5-3-2-4-7(9)12/h2-5,8,17H,6H2,1H3. The van der Waals surface area contributed by atoms with Gasteiger partial charge >= 0.3 is 0 Å². The Morgan fingerprint density at radius 2 is 2.11 bits per heavy atom. The van der Waals surface area contributed by atoms with E-state index in [0.717, 1.165) is 9.37 Å². The Bertz CT molecular complexity index is 527. The number of thioether (sulfide) groups is 1. The molecule has 0 radical (unpaired) electrons. The Morgan fingerprint density at radius 1 is 1.39 bits per heavy atom. The molecule has 1 aromatic heterocycles. The van der Waals surface area contributed by atoms with E-state index in [9.17, 15) is 5.11 Å². The molecular formula is C11H11Br2N3OS. The van der Waals surface area contributed by atoms with E-state index < -0.39 is 6.10 Å². The minimum absolute atomic E-state index is 0.544. The van der Waals surface area contributed by atoms with Crippen LogP contribution in [0.3, 0.4) is 0 Å². The van der Waals surface area contributed by atoms with Crippen molar-refractivity contribution < 1.29 is 5.11 Å². The molecular weight excluding hydrogens is 382 g/mol. The molecule has 1 aromatic carbocycles. The van der Waals surface area contributed by atoms with Crippen LogP contribution in [-0.2, 0) is 7.05 Å². The molecule has 7 heteroatoms. The Labute approximate surface area is 126 Å². The van der Waals surface area contributed by atoms with Gasteiger partial charge in [-0.3, -0.25) is 0 Å². The lowest BCUT2D eigenvalue weighted by Gasteiger charge is -2.11. The van der Waals surface area contributed by atoms with E-state index in [1.807, 2.05) is 24.3 Å². The smallest absolute Gasteiger partial charge is 0.154 e. The van der Waals surface area contributed by atoms with Crippen LogP contribution in [0, 0.1) is 0 Å². The van der Waals surface area contributed by atoms with Gasteiger partial charge in [-0.25, -0.2) is 4.68 Å². The number of rotatable bonds is 4. The van der Waals surface area contributed by atoms with E-state index in [4.69, 9.17) is 0 Å². The molecule has 0 saturated carbocycles. The van der Waals surface area contributed by atoms with Crippen LogP contribution in [0.2, 0.25) is 0 Å². The number of nitrogens with zero attached hydrogens (tertiary/aromatic N) is 3. The summed E-state index contributed by atoms with van der Waals surface area (Å²) in [5.41, 5.74) is 0.689. The quantitative estimate of drug-likeness (QED) is 0.812. The molecule has 2 aromatic rings. The molecule has 18 heavy (non-hydrogen) atoms. The molecule has 0 amide bonds. The maximum Gasteiger partial charge on any atom is 0.154 e. The van der Waals surface area contributed by atoms with Crippen molar-refractivity contribution in [1.82, 2.24) is 15.0 Å². The van der Waals surface area contributed by atoms with Gasteiger partial charge in [0.25, 0.3) is 0 Å². The van der Waals surface area contributed by atoms with Crippen molar-refractivity contribution in [2.24, 2.45) is 7.05 Å². The molecule has 4 nitrogen and oxygen atoms in total. The van der Waals surface area contributed by atoms with Crippen LogP contribution in [-0.4, -0.2) is 25.9 Å². The SMILES string of the molecule is Cn1nnc(Br)c1C(O)CSc1ccccc1Br. The fourth-order valence-electron chi connectivity index (χ4n) is 1.50. The molecule has 0 saturated heterocycles. The molecule has 1 N–H and O–H groups in total. The third-order valence-corrected chi connectivity index (χ3v) is 5.04.